The maximum Gasteiger partial charge on any atom is 0.273 e. The van der Waals surface area contributed by atoms with Crippen LogP contribution < -0.4 is 4.74 Å². The molecule has 0 N–H and O–H groups in total. The van der Waals surface area contributed by atoms with Gasteiger partial charge in [0.05, 0.1) is 20.8 Å². The molecule has 2 rings (SSSR count). The van der Waals surface area contributed by atoms with Crippen molar-refractivity contribution in [1.29, 1.82) is 0 Å². The highest BCUT2D eigenvalue weighted by atomic mass is 79.9. The van der Waals surface area contributed by atoms with E-state index in [1.54, 1.807) is 6.07 Å². The first-order chi connectivity index (χ1) is 9.02. The Labute approximate surface area is 124 Å². The molecular formula is C12H13BrClNO4. The second-order valence-corrected chi connectivity index (χ2v) is 5.61. The van der Waals surface area contributed by atoms with Crippen molar-refractivity contribution in [2.75, 3.05) is 6.61 Å². The third-order valence-corrected chi connectivity index (χ3v) is 4.03. The van der Waals surface area contributed by atoms with E-state index in [1.165, 1.54) is 12.1 Å². The Morgan fingerprint density at radius 3 is 2.89 bits per heavy atom. The number of nitrogens with zero attached hydrogens (tertiary/aromatic N) is 1. The van der Waals surface area contributed by atoms with E-state index in [1.807, 2.05) is 6.92 Å². The number of ether oxygens (including phenoxy) is 2. The zero-order chi connectivity index (χ0) is 14.0. The average Bonchev–Trinajstić information content (AvgIpc) is 2.37. The second kappa shape index (κ2) is 6.07. The third-order valence-electron chi connectivity index (χ3n) is 2.94. The minimum absolute atomic E-state index is 0.00657. The van der Waals surface area contributed by atoms with E-state index in [2.05, 4.69) is 15.9 Å². The van der Waals surface area contributed by atoms with Crippen LogP contribution in [0.5, 0.6) is 5.75 Å². The summed E-state index contributed by atoms with van der Waals surface area (Å²) in [5, 5.41) is 10.7. The van der Waals surface area contributed by atoms with Gasteiger partial charge in [0.15, 0.2) is 0 Å². The third kappa shape index (κ3) is 3.19. The predicted molar refractivity (Wildman–Crippen MR) is 74.9 cm³/mol. The molecule has 1 aromatic rings. The fourth-order valence-corrected chi connectivity index (χ4v) is 2.66. The molecule has 0 saturated heterocycles. The van der Waals surface area contributed by atoms with Gasteiger partial charge in [-0.2, -0.15) is 0 Å². The highest BCUT2D eigenvalue weighted by Gasteiger charge is 2.42. The SMILES string of the molecule is CCOC1C(Cl)CC1Oc1cc([N+](=O)[O-])ccc1Br. The van der Waals surface area contributed by atoms with Crippen LogP contribution in [0.4, 0.5) is 5.69 Å². The molecule has 0 spiro atoms. The Bertz CT molecular complexity index is 485. The molecule has 3 atom stereocenters. The predicted octanol–water partition coefficient (Wildman–Crippen LogP) is 3.52. The van der Waals surface area contributed by atoms with E-state index in [9.17, 15) is 10.1 Å². The zero-order valence-corrected chi connectivity index (χ0v) is 12.6. The summed E-state index contributed by atoms with van der Waals surface area (Å²) in [4.78, 5) is 10.3. The van der Waals surface area contributed by atoms with Crippen molar-refractivity contribution in [2.24, 2.45) is 0 Å². The molecule has 0 radical (unpaired) electrons. The minimum Gasteiger partial charge on any atom is -0.486 e. The van der Waals surface area contributed by atoms with Gasteiger partial charge in [0.2, 0.25) is 0 Å². The van der Waals surface area contributed by atoms with Crippen LogP contribution in [-0.4, -0.2) is 29.1 Å². The summed E-state index contributed by atoms with van der Waals surface area (Å²) in [5.74, 6) is 0.437. The number of hydrogen-bond acceptors (Lipinski definition) is 4. The lowest BCUT2D eigenvalue weighted by molar-refractivity contribution is -0.385. The van der Waals surface area contributed by atoms with Gasteiger partial charge in [-0.1, -0.05) is 0 Å². The van der Waals surface area contributed by atoms with Crippen LogP contribution in [-0.2, 0) is 4.74 Å². The molecule has 1 fully saturated rings. The molecule has 0 aromatic heterocycles. The van der Waals surface area contributed by atoms with Crippen LogP contribution >= 0.6 is 27.5 Å². The van der Waals surface area contributed by atoms with Crippen molar-refractivity contribution in [3.63, 3.8) is 0 Å². The topological polar surface area (TPSA) is 61.6 Å². The monoisotopic (exact) mass is 349 g/mol. The summed E-state index contributed by atoms with van der Waals surface area (Å²) < 4.78 is 11.9. The van der Waals surface area contributed by atoms with E-state index >= 15 is 0 Å². The fraction of sp³-hybridized carbons (Fsp3) is 0.500. The van der Waals surface area contributed by atoms with Crippen LogP contribution in [0.2, 0.25) is 0 Å². The maximum absolute atomic E-state index is 10.7. The molecule has 7 heteroatoms. The molecule has 104 valence electrons. The summed E-state index contributed by atoms with van der Waals surface area (Å²) in [6, 6.07) is 4.41. The van der Waals surface area contributed by atoms with Gasteiger partial charge in [-0.25, -0.2) is 0 Å². The Balaban J connectivity index is 2.10. The molecule has 5 nitrogen and oxygen atoms in total. The van der Waals surface area contributed by atoms with E-state index in [0.29, 0.717) is 23.2 Å². The van der Waals surface area contributed by atoms with Crippen molar-refractivity contribution in [3.8, 4) is 5.75 Å². The van der Waals surface area contributed by atoms with Gasteiger partial charge >= 0.3 is 0 Å². The van der Waals surface area contributed by atoms with Gasteiger partial charge in [0, 0.05) is 19.1 Å². The first-order valence-electron chi connectivity index (χ1n) is 5.89. The molecule has 1 saturated carbocycles. The van der Waals surface area contributed by atoms with E-state index < -0.39 is 4.92 Å². The van der Waals surface area contributed by atoms with Crippen molar-refractivity contribution < 1.29 is 14.4 Å². The van der Waals surface area contributed by atoms with Gasteiger partial charge in [0.1, 0.15) is 18.0 Å². The lowest BCUT2D eigenvalue weighted by Gasteiger charge is -2.40. The van der Waals surface area contributed by atoms with Crippen LogP contribution in [0.3, 0.4) is 0 Å². The van der Waals surface area contributed by atoms with E-state index in [-0.39, 0.29) is 23.3 Å². The first-order valence-corrected chi connectivity index (χ1v) is 7.12. The van der Waals surface area contributed by atoms with Crippen LogP contribution in [0.15, 0.2) is 22.7 Å². The number of non-ortho nitro benzene ring substituents is 1. The summed E-state index contributed by atoms with van der Waals surface area (Å²) in [5.41, 5.74) is -0.00657. The molecule has 1 aliphatic rings. The second-order valence-electron chi connectivity index (χ2n) is 4.20. The molecule has 0 amide bonds. The standard InChI is InChI=1S/C12H13BrClNO4/c1-2-18-12-9(14)6-11(12)19-10-5-7(15(16)17)3-4-8(10)13/h3-5,9,11-12H,2,6H2,1H3. The van der Waals surface area contributed by atoms with Gasteiger partial charge in [-0.05, 0) is 28.9 Å². The van der Waals surface area contributed by atoms with E-state index in [4.69, 9.17) is 21.1 Å². The largest absolute Gasteiger partial charge is 0.486 e. The highest BCUT2D eigenvalue weighted by Crippen LogP contribution is 2.36. The highest BCUT2D eigenvalue weighted by molar-refractivity contribution is 9.10. The Morgan fingerprint density at radius 2 is 2.32 bits per heavy atom. The van der Waals surface area contributed by atoms with E-state index in [0.717, 1.165) is 0 Å². The Morgan fingerprint density at radius 1 is 1.58 bits per heavy atom. The number of nitro groups is 1. The van der Waals surface area contributed by atoms with Crippen molar-refractivity contribution in [3.05, 3.63) is 32.8 Å². The van der Waals surface area contributed by atoms with Crippen molar-refractivity contribution in [1.82, 2.24) is 0 Å². The number of nitro benzene ring substituents is 1. The van der Waals surface area contributed by atoms with Gasteiger partial charge in [-0.15, -0.1) is 11.6 Å². The summed E-state index contributed by atoms with van der Waals surface area (Å²) >= 11 is 9.37. The summed E-state index contributed by atoms with van der Waals surface area (Å²) in [6.45, 7) is 2.45. The number of halogens is 2. The van der Waals surface area contributed by atoms with Gasteiger partial charge < -0.3 is 9.47 Å². The number of alkyl halides is 1. The number of hydrogen-bond donors (Lipinski definition) is 0. The Hall–Kier alpha value is -0.850. The molecule has 1 aromatic carbocycles. The average molecular weight is 351 g/mol. The molecule has 0 bridgehead atoms. The minimum atomic E-state index is -0.454. The zero-order valence-electron chi connectivity index (χ0n) is 10.2. The maximum atomic E-state index is 10.7. The van der Waals surface area contributed by atoms with Crippen molar-refractivity contribution >= 4 is 33.2 Å². The lowest BCUT2D eigenvalue weighted by atomic mass is 9.91. The summed E-state index contributed by atoms with van der Waals surface area (Å²) in [7, 11) is 0. The van der Waals surface area contributed by atoms with Gasteiger partial charge in [0.25, 0.3) is 5.69 Å². The molecule has 0 aliphatic heterocycles. The first kappa shape index (κ1) is 14.6. The van der Waals surface area contributed by atoms with Gasteiger partial charge in [-0.3, -0.25) is 10.1 Å². The molecular weight excluding hydrogens is 337 g/mol. The molecule has 1 aliphatic carbocycles. The van der Waals surface area contributed by atoms with Crippen LogP contribution in [0, 0.1) is 10.1 Å². The van der Waals surface area contributed by atoms with Crippen LogP contribution in [0.25, 0.3) is 0 Å². The smallest absolute Gasteiger partial charge is 0.273 e. The summed E-state index contributed by atoms with van der Waals surface area (Å²) in [6.07, 6.45) is 0.333. The lowest BCUT2D eigenvalue weighted by Crippen LogP contribution is -2.52. The van der Waals surface area contributed by atoms with Crippen LogP contribution in [0.1, 0.15) is 13.3 Å². The normalized spacial score (nSPS) is 25.7. The number of benzene rings is 1. The quantitative estimate of drug-likeness (QED) is 0.463. The number of rotatable bonds is 5. The molecule has 3 unspecified atom stereocenters. The molecule has 0 heterocycles. The fourth-order valence-electron chi connectivity index (χ4n) is 1.91. The van der Waals surface area contributed by atoms with Crippen molar-refractivity contribution in [2.45, 2.75) is 30.9 Å². The molecule has 19 heavy (non-hydrogen) atoms. The Kier molecular flexibility index (Phi) is 4.65.